The van der Waals surface area contributed by atoms with Crippen LogP contribution in [0.15, 0.2) is 24.8 Å². The first kappa shape index (κ1) is 11.7. The molecule has 0 N–H and O–H groups in total. The summed E-state index contributed by atoms with van der Waals surface area (Å²) >= 11 is 0. The van der Waals surface area contributed by atoms with Crippen molar-refractivity contribution in [1.82, 2.24) is 0 Å². The van der Waals surface area contributed by atoms with E-state index in [9.17, 15) is 9.59 Å². The second kappa shape index (κ2) is 4.91. The molecule has 15 heavy (non-hydrogen) atoms. The van der Waals surface area contributed by atoms with E-state index < -0.39 is 11.4 Å². The van der Waals surface area contributed by atoms with Crippen LogP contribution >= 0.6 is 0 Å². The maximum atomic E-state index is 11.7. The Balaban J connectivity index is 2.86. The lowest BCUT2D eigenvalue weighted by molar-refractivity contribution is -0.156. The van der Waals surface area contributed by atoms with Crippen LogP contribution < -0.4 is 0 Å². The largest absolute Gasteiger partial charge is 0.468 e. The van der Waals surface area contributed by atoms with Crippen molar-refractivity contribution in [3.63, 3.8) is 0 Å². The molecule has 1 atom stereocenters. The standard InChI is InChI=1S/C12H16O3/c1-3-4-5-8-12(11(14)15-2)9-6-7-10(12)13/h3-5H,1,6-9H2,2H3/b5-4+. The molecule has 0 aromatic carbocycles. The SMILES string of the molecule is C=C/C=C/CC1(C(=O)OC)CCCC1=O. The maximum absolute atomic E-state index is 11.7. The van der Waals surface area contributed by atoms with Crippen LogP contribution in [0.1, 0.15) is 25.7 Å². The van der Waals surface area contributed by atoms with Crippen LogP contribution in [0.2, 0.25) is 0 Å². The summed E-state index contributed by atoms with van der Waals surface area (Å²) in [4.78, 5) is 23.4. The molecule has 0 radical (unpaired) electrons. The Hall–Kier alpha value is -1.38. The van der Waals surface area contributed by atoms with E-state index in [1.807, 2.05) is 0 Å². The number of carbonyl (C=O) groups excluding carboxylic acids is 2. The highest BCUT2D eigenvalue weighted by Gasteiger charge is 2.48. The number of rotatable bonds is 4. The van der Waals surface area contributed by atoms with Crippen LogP contribution in [0.4, 0.5) is 0 Å². The molecular weight excluding hydrogens is 192 g/mol. The van der Waals surface area contributed by atoms with Gasteiger partial charge in [0.1, 0.15) is 5.41 Å². The molecule has 0 spiro atoms. The molecule has 3 heteroatoms. The van der Waals surface area contributed by atoms with Crippen molar-refractivity contribution < 1.29 is 14.3 Å². The third-order valence-electron chi connectivity index (χ3n) is 2.86. The molecule has 0 aromatic rings. The fourth-order valence-corrected chi connectivity index (χ4v) is 2.01. The minimum absolute atomic E-state index is 0.00284. The highest BCUT2D eigenvalue weighted by atomic mass is 16.5. The fraction of sp³-hybridized carbons (Fsp3) is 0.500. The van der Waals surface area contributed by atoms with Crippen molar-refractivity contribution in [2.45, 2.75) is 25.7 Å². The molecule has 0 aliphatic heterocycles. The lowest BCUT2D eigenvalue weighted by Crippen LogP contribution is -2.35. The molecule has 0 saturated heterocycles. The average Bonchev–Trinajstić information content (AvgIpc) is 2.61. The number of hydrogen-bond acceptors (Lipinski definition) is 3. The van der Waals surface area contributed by atoms with Gasteiger partial charge in [0.05, 0.1) is 7.11 Å². The van der Waals surface area contributed by atoms with Crippen LogP contribution in [0.3, 0.4) is 0 Å². The van der Waals surface area contributed by atoms with Gasteiger partial charge in [-0.25, -0.2) is 0 Å². The highest BCUT2D eigenvalue weighted by Crippen LogP contribution is 2.39. The van der Waals surface area contributed by atoms with E-state index in [2.05, 4.69) is 6.58 Å². The molecule has 1 rings (SSSR count). The molecular formula is C12H16O3. The second-order valence-electron chi connectivity index (χ2n) is 3.72. The van der Waals surface area contributed by atoms with Crippen molar-refractivity contribution in [3.05, 3.63) is 24.8 Å². The summed E-state index contributed by atoms with van der Waals surface area (Å²) in [7, 11) is 1.33. The van der Waals surface area contributed by atoms with Crippen molar-refractivity contribution in [1.29, 1.82) is 0 Å². The van der Waals surface area contributed by atoms with Gasteiger partial charge in [-0.2, -0.15) is 0 Å². The summed E-state index contributed by atoms with van der Waals surface area (Å²) in [6.45, 7) is 3.54. The molecule has 1 saturated carbocycles. The first-order chi connectivity index (χ1) is 7.17. The minimum atomic E-state index is -0.922. The smallest absolute Gasteiger partial charge is 0.319 e. The minimum Gasteiger partial charge on any atom is -0.468 e. The van der Waals surface area contributed by atoms with Crippen molar-refractivity contribution in [2.75, 3.05) is 7.11 Å². The number of allylic oxidation sites excluding steroid dienone is 3. The van der Waals surface area contributed by atoms with Gasteiger partial charge in [0, 0.05) is 6.42 Å². The molecule has 1 aliphatic carbocycles. The van der Waals surface area contributed by atoms with E-state index in [1.165, 1.54) is 7.11 Å². The molecule has 1 fully saturated rings. The summed E-state index contributed by atoms with van der Waals surface area (Å²) in [6, 6.07) is 0. The molecule has 0 heterocycles. The first-order valence-corrected chi connectivity index (χ1v) is 5.06. The molecule has 1 unspecified atom stereocenters. The van der Waals surface area contributed by atoms with Gasteiger partial charge in [-0.15, -0.1) is 0 Å². The molecule has 0 amide bonds. The van der Waals surface area contributed by atoms with Gasteiger partial charge in [-0.05, 0) is 19.3 Å². The van der Waals surface area contributed by atoms with E-state index in [-0.39, 0.29) is 5.78 Å². The summed E-state index contributed by atoms with van der Waals surface area (Å²) in [6.07, 6.45) is 7.45. The van der Waals surface area contributed by atoms with Gasteiger partial charge in [0.2, 0.25) is 0 Å². The van der Waals surface area contributed by atoms with Crippen molar-refractivity contribution in [2.24, 2.45) is 5.41 Å². The molecule has 3 nitrogen and oxygen atoms in total. The number of ether oxygens (including phenoxy) is 1. The summed E-state index contributed by atoms with van der Waals surface area (Å²) in [5.41, 5.74) is -0.922. The lowest BCUT2D eigenvalue weighted by atomic mass is 9.81. The summed E-state index contributed by atoms with van der Waals surface area (Å²) in [5.74, 6) is -0.401. The van der Waals surface area contributed by atoms with Gasteiger partial charge in [0.15, 0.2) is 5.78 Å². The third kappa shape index (κ3) is 2.17. The average molecular weight is 208 g/mol. The van der Waals surface area contributed by atoms with Crippen molar-refractivity contribution in [3.8, 4) is 0 Å². The Morgan fingerprint density at radius 3 is 2.87 bits per heavy atom. The van der Waals surface area contributed by atoms with Crippen LogP contribution in [0, 0.1) is 5.41 Å². The highest BCUT2D eigenvalue weighted by molar-refractivity contribution is 6.05. The number of hydrogen-bond donors (Lipinski definition) is 0. The van der Waals surface area contributed by atoms with Gasteiger partial charge >= 0.3 is 5.97 Å². The quantitative estimate of drug-likeness (QED) is 0.403. The predicted molar refractivity (Wildman–Crippen MR) is 57.3 cm³/mol. The van der Waals surface area contributed by atoms with Gasteiger partial charge in [-0.3, -0.25) is 9.59 Å². The normalized spacial score (nSPS) is 25.8. The van der Waals surface area contributed by atoms with E-state index in [1.54, 1.807) is 18.2 Å². The Labute approximate surface area is 89.8 Å². The molecule has 1 aliphatic rings. The van der Waals surface area contributed by atoms with E-state index >= 15 is 0 Å². The number of carbonyl (C=O) groups is 2. The fourth-order valence-electron chi connectivity index (χ4n) is 2.01. The van der Waals surface area contributed by atoms with Crippen molar-refractivity contribution >= 4 is 11.8 Å². The Morgan fingerprint density at radius 1 is 1.67 bits per heavy atom. The topological polar surface area (TPSA) is 43.4 Å². The zero-order chi connectivity index (χ0) is 11.3. The number of ketones is 1. The zero-order valence-corrected chi connectivity index (χ0v) is 8.99. The molecule has 0 bridgehead atoms. The lowest BCUT2D eigenvalue weighted by Gasteiger charge is -2.22. The predicted octanol–water partition coefficient (Wildman–Crippen LogP) is 2.03. The Bertz CT molecular complexity index is 304. The number of methoxy groups -OCH3 is 1. The van der Waals surface area contributed by atoms with Crippen LogP contribution in [0.5, 0.6) is 0 Å². The van der Waals surface area contributed by atoms with E-state index in [0.29, 0.717) is 19.3 Å². The van der Waals surface area contributed by atoms with Crippen LogP contribution in [0.25, 0.3) is 0 Å². The first-order valence-electron chi connectivity index (χ1n) is 5.06. The van der Waals surface area contributed by atoms with Gasteiger partial charge in [0.25, 0.3) is 0 Å². The zero-order valence-electron chi connectivity index (χ0n) is 8.99. The third-order valence-corrected chi connectivity index (χ3v) is 2.86. The number of Topliss-reactive ketones (excluding diaryl/α,β-unsaturated/α-hetero) is 1. The van der Waals surface area contributed by atoms with Gasteiger partial charge in [-0.1, -0.05) is 24.8 Å². The van der Waals surface area contributed by atoms with Crippen LogP contribution in [-0.2, 0) is 14.3 Å². The Morgan fingerprint density at radius 2 is 2.40 bits per heavy atom. The van der Waals surface area contributed by atoms with E-state index in [0.717, 1.165) is 6.42 Å². The molecule has 0 aromatic heterocycles. The van der Waals surface area contributed by atoms with Crippen LogP contribution in [-0.4, -0.2) is 18.9 Å². The summed E-state index contributed by atoms with van der Waals surface area (Å²) < 4.78 is 4.72. The number of esters is 1. The van der Waals surface area contributed by atoms with E-state index in [4.69, 9.17) is 4.74 Å². The second-order valence-corrected chi connectivity index (χ2v) is 3.72. The van der Waals surface area contributed by atoms with Gasteiger partial charge < -0.3 is 4.74 Å². The Kier molecular flexibility index (Phi) is 3.83. The molecule has 82 valence electrons. The summed E-state index contributed by atoms with van der Waals surface area (Å²) in [5, 5.41) is 0. The maximum Gasteiger partial charge on any atom is 0.319 e. The monoisotopic (exact) mass is 208 g/mol.